The average Bonchev–Trinajstić information content (AvgIpc) is 2.17. The summed E-state index contributed by atoms with van der Waals surface area (Å²) in [5.74, 6) is -1.18. The van der Waals surface area contributed by atoms with Gasteiger partial charge in [0.05, 0.1) is 19.5 Å². The number of ether oxygens (including phenoxy) is 3. The van der Waals surface area contributed by atoms with Gasteiger partial charge in [0.25, 0.3) is 0 Å². The fourth-order valence-electron chi connectivity index (χ4n) is 0.726. The number of hydrogen-bond donors (Lipinski definition) is 0. The van der Waals surface area contributed by atoms with E-state index < -0.39 is 11.9 Å². The fraction of sp³-hybridized carbons (Fsp3) is 0.600. The van der Waals surface area contributed by atoms with E-state index in [1.54, 1.807) is 13.0 Å². The second kappa shape index (κ2) is 9.05. The van der Waals surface area contributed by atoms with E-state index >= 15 is 0 Å². The molecule has 0 fully saturated rings. The molecule has 0 aliphatic carbocycles. The van der Waals surface area contributed by atoms with Crippen LogP contribution in [0.2, 0.25) is 0 Å². The van der Waals surface area contributed by atoms with Crippen LogP contribution in [0.15, 0.2) is 12.3 Å². The third-order valence-electron chi connectivity index (χ3n) is 1.29. The molecule has 0 N–H and O–H groups in total. The van der Waals surface area contributed by atoms with Crippen LogP contribution in [0.4, 0.5) is 0 Å². The van der Waals surface area contributed by atoms with Crippen LogP contribution < -0.4 is 0 Å². The van der Waals surface area contributed by atoms with E-state index in [9.17, 15) is 9.59 Å². The van der Waals surface area contributed by atoms with Crippen molar-refractivity contribution in [3.05, 3.63) is 12.3 Å². The van der Waals surface area contributed by atoms with E-state index in [0.717, 1.165) is 0 Å². The Kier molecular flexibility index (Phi) is 8.13. The molecule has 15 heavy (non-hydrogen) atoms. The van der Waals surface area contributed by atoms with Gasteiger partial charge in [0.1, 0.15) is 13.0 Å². The second-order valence-electron chi connectivity index (χ2n) is 2.49. The minimum atomic E-state index is -0.602. The summed E-state index contributed by atoms with van der Waals surface area (Å²) < 4.78 is 14.1. The molecule has 0 heterocycles. The van der Waals surface area contributed by atoms with Gasteiger partial charge in [-0.3, -0.25) is 9.59 Å². The Morgan fingerprint density at radius 3 is 2.33 bits per heavy atom. The first-order valence-electron chi connectivity index (χ1n) is 4.78. The largest absolute Gasteiger partial charge is 0.502 e. The molecule has 0 saturated carbocycles. The lowest BCUT2D eigenvalue weighted by Crippen LogP contribution is -2.13. The Balaban J connectivity index is 3.53. The van der Waals surface area contributed by atoms with Crippen LogP contribution in [0, 0.1) is 0 Å². The van der Waals surface area contributed by atoms with Crippen molar-refractivity contribution in [3.8, 4) is 0 Å². The highest BCUT2D eigenvalue weighted by atomic mass is 16.6. The highest BCUT2D eigenvalue weighted by Gasteiger charge is 2.10. The molecule has 0 aromatic carbocycles. The van der Waals surface area contributed by atoms with Gasteiger partial charge in [-0.25, -0.2) is 0 Å². The topological polar surface area (TPSA) is 61.8 Å². The zero-order valence-electron chi connectivity index (χ0n) is 9.02. The number of carbonyl (C=O) groups excluding carboxylic acids is 2. The van der Waals surface area contributed by atoms with E-state index in [1.165, 1.54) is 6.26 Å². The first-order chi connectivity index (χ1) is 7.20. The van der Waals surface area contributed by atoms with Crippen molar-refractivity contribution in [1.29, 1.82) is 0 Å². The molecule has 0 aliphatic rings. The van der Waals surface area contributed by atoms with Gasteiger partial charge in [-0.05, 0) is 19.9 Å². The molecule has 0 saturated heterocycles. The summed E-state index contributed by atoms with van der Waals surface area (Å²) in [5, 5.41) is 0. The van der Waals surface area contributed by atoms with Crippen LogP contribution in [-0.2, 0) is 23.8 Å². The van der Waals surface area contributed by atoms with Gasteiger partial charge < -0.3 is 14.2 Å². The monoisotopic (exact) mass is 216 g/mol. The highest BCUT2D eigenvalue weighted by molar-refractivity contribution is 5.91. The molecular weight excluding hydrogens is 200 g/mol. The van der Waals surface area contributed by atoms with Crippen LogP contribution in [0.3, 0.4) is 0 Å². The normalized spacial score (nSPS) is 10.0. The maximum atomic E-state index is 11.0. The Morgan fingerprint density at radius 1 is 1.07 bits per heavy atom. The van der Waals surface area contributed by atoms with Crippen molar-refractivity contribution in [2.75, 3.05) is 19.8 Å². The summed E-state index contributed by atoms with van der Waals surface area (Å²) in [6.45, 7) is 4.44. The fourth-order valence-corrected chi connectivity index (χ4v) is 0.726. The van der Waals surface area contributed by atoms with Crippen molar-refractivity contribution >= 4 is 11.9 Å². The Hall–Kier alpha value is -1.52. The van der Waals surface area contributed by atoms with Crippen LogP contribution >= 0.6 is 0 Å². The lowest BCUT2D eigenvalue weighted by atomic mass is 10.4. The van der Waals surface area contributed by atoms with Crippen LogP contribution in [0.25, 0.3) is 0 Å². The Labute approximate surface area is 89.0 Å². The van der Waals surface area contributed by atoms with Gasteiger partial charge in [-0.1, -0.05) is 0 Å². The molecule has 0 amide bonds. The van der Waals surface area contributed by atoms with Gasteiger partial charge in [-0.2, -0.15) is 0 Å². The molecule has 0 spiro atoms. The van der Waals surface area contributed by atoms with E-state index in [-0.39, 0.29) is 19.6 Å². The van der Waals surface area contributed by atoms with Gasteiger partial charge in [0, 0.05) is 0 Å². The smallest absolute Gasteiger partial charge is 0.317 e. The Bertz CT molecular complexity index is 222. The molecule has 0 unspecified atom stereocenters. The minimum Gasteiger partial charge on any atom is -0.502 e. The van der Waals surface area contributed by atoms with Crippen LogP contribution in [0.1, 0.15) is 20.3 Å². The molecule has 0 aliphatic heterocycles. The van der Waals surface area contributed by atoms with Gasteiger partial charge >= 0.3 is 11.9 Å². The summed E-state index contributed by atoms with van der Waals surface area (Å²) in [4.78, 5) is 21.8. The summed E-state index contributed by atoms with van der Waals surface area (Å²) in [7, 11) is 0. The molecule has 5 heteroatoms. The Morgan fingerprint density at radius 2 is 1.73 bits per heavy atom. The van der Waals surface area contributed by atoms with E-state index in [2.05, 4.69) is 4.74 Å². The lowest BCUT2D eigenvalue weighted by Gasteiger charge is -2.01. The summed E-state index contributed by atoms with van der Waals surface area (Å²) in [5.41, 5.74) is 0. The van der Waals surface area contributed by atoms with E-state index in [0.29, 0.717) is 6.61 Å². The zero-order valence-corrected chi connectivity index (χ0v) is 9.02. The summed E-state index contributed by atoms with van der Waals surface area (Å²) in [6, 6.07) is 0. The molecule has 0 radical (unpaired) electrons. The minimum absolute atomic E-state index is 0.0955. The second-order valence-corrected chi connectivity index (χ2v) is 2.49. The molecule has 5 nitrogen and oxygen atoms in total. The quantitative estimate of drug-likeness (QED) is 0.361. The maximum absolute atomic E-state index is 11.0. The van der Waals surface area contributed by atoms with Crippen molar-refractivity contribution in [2.24, 2.45) is 0 Å². The molecule has 0 atom stereocenters. The van der Waals surface area contributed by atoms with Crippen molar-refractivity contribution in [2.45, 2.75) is 20.3 Å². The van der Waals surface area contributed by atoms with E-state index in [1.807, 2.05) is 6.92 Å². The molecular formula is C10H16O5. The standard InChI is InChI=1S/C10H16O5/c1-3-13-6-5-7-15-10(12)8-9(11)14-4-2/h5-6H,3-4,7-8H2,1-2H3/b6-5+. The summed E-state index contributed by atoms with van der Waals surface area (Å²) >= 11 is 0. The third kappa shape index (κ3) is 8.80. The average molecular weight is 216 g/mol. The first-order valence-corrected chi connectivity index (χ1v) is 4.78. The van der Waals surface area contributed by atoms with E-state index in [4.69, 9.17) is 9.47 Å². The number of hydrogen-bond acceptors (Lipinski definition) is 5. The molecule has 86 valence electrons. The van der Waals surface area contributed by atoms with Crippen molar-refractivity contribution in [1.82, 2.24) is 0 Å². The van der Waals surface area contributed by atoms with Gasteiger partial charge in [-0.15, -0.1) is 0 Å². The van der Waals surface area contributed by atoms with Gasteiger partial charge in [0.2, 0.25) is 0 Å². The molecule has 0 rings (SSSR count). The van der Waals surface area contributed by atoms with Crippen molar-refractivity contribution < 1.29 is 23.8 Å². The van der Waals surface area contributed by atoms with Crippen molar-refractivity contribution in [3.63, 3.8) is 0 Å². The van der Waals surface area contributed by atoms with Crippen LogP contribution in [0.5, 0.6) is 0 Å². The molecule has 0 aromatic heterocycles. The predicted octanol–water partition coefficient (Wildman–Crippen LogP) is 1.03. The predicted molar refractivity (Wildman–Crippen MR) is 53.0 cm³/mol. The number of rotatable bonds is 7. The summed E-state index contributed by atoms with van der Waals surface area (Å²) in [6.07, 6.45) is 2.64. The zero-order chi connectivity index (χ0) is 11.5. The molecule has 0 aromatic rings. The SMILES string of the molecule is CCO/C=C/COC(=O)CC(=O)OCC. The lowest BCUT2D eigenvalue weighted by molar-refractivity contribution is -0.153. The first kappa shape index (κ1) is 13.5. The maximum Gasteiger partial charge on any atom is 0.317 e. The molecule has 0 bridgehead atoms. The highest BCUT2D eigenvalue weighted by Crippen LogP contribution is 1.91. The van der Waals surface area contributed by atoms with Gasteiger partial charge in [0.15, 0.2) is 0 Å². The number of carbonyl (C=O) groups is 2. The van der Waals surface area contributed by atoms with Crippen LogP contribution in [-0.4, -0.2) is 31.8 Å². The number of esters is 2. The third-order valence-corrected chi connectivity index (χ3v) is 1.29.